The van der Waals surface area contributed by atoms with E-state index in [1.54, 1.807) is 0 Å². The molecule has 2 heteroatoms. The third-order valence-corrected chi connectivity index (χ3v) is 4.33. The third kappa shape index (κ3) is 4.92. The summed E-state index contributed by atoms with van der Waals surface area (Å²) < 4.78 is 0. The Morgan fingerprint density at radius 2 is 1.90 bits per heavy atom. The van der Waals surface area contributed by atoms with Crippen LogP contribution in [-0.4, -0.2) is 31.1 Å². The minimum atomic E-state index is 0.571. The predicted octanol–water partition coefficient (Wildman–Crippen LogP) is 3.31. The van der Waals surface area contributed by atoms with Gasteiger partial charge in [0.05, 0.1) is 0 Å². The van der Waals surface area contributed by atoms with Crippen LogP contribution < -0.4 is 5.32 Å². The van der Waals surface area contributed by atoms with E-state index in [2.05, 4.69) is 62.3 Å². The maximum Gasteiger partial charge on any atom is 0.0233 e. The predicted molar refractivity (Wildman–Crippen MR) is 86.9 cm³/mol. The number of benzene rings is 1. The molecule has 0 aromatic heterocycles. The maximum absolute atomic E-state index is 3.51. The number of nitrogens with one attached hydrogen (secondary N) is 1. The second-order valence-electron chi connectivity index (χ2n) is 6.80. The first-order valence-electron chi connectivity index (χ1n) is 8.05. The van der Waals surface area contributed by atoms with Gasteiger partial charge in [0.2, 0.25) is 0 Å². The van der Waals surface area contributed by atoms with Crippen LogP contribution in [0.5, 0.6) is 0 Å². The SMILES string of the molecule is CC(C)NCCc1ccccc1CN(C)CC1CC1C. The fourth-order valence-corrected chi connectivity index (χ4v) is 2.86. The zero-order valence-corrected chi connectivity index (χ0v) is 13.5. The summed E-state index contributed by atoms with van der Waals surface area (Å²) in [6.07, 6.45) is 2.55. The van der Waals surface area contributed by atoms with E-state index in [4.69, 9.17) is 0 Å². The molecule has 0 amide bonds. The summed E-state index contributed by atoms with van der Waals surface area (Å²) in [4.78, 5) is 2.49. The first kappa shape index (κ1) is 15.5. The molecule has 0 spiro atoms. The van der Waals surface area contributed by atoms with Crippen molar-refractivity contribution in [3.8, 4) is 0 Å². The summed E-state index contributed by atoms with van der Waals surface area (Å²) in [6, 6.07) is 9.48. The van der Waals surface area contributed by atoms with Gasteiger partial charge >= 0.3 is 0 Å². The van der Waals surface area contributed by atoms with Crippen LogP contribution in [0.2, 0.25) is 0 Å². The van der Waals surface area contributed by atoms with Crippen LogP contribution in [0.3, 0.4) is 0 Å². The lowest BCUT2D eigenvalue weighted by Gasteiger charge is -2.19. The van der Waals surface area contributed by atoms with Crippen molar-refractivity contribution in [3.05, 3.63) is 35.4 Å². The summed E-state index contributed by atoms with van der Waals surface area (Å²) in [5, 5.41) is 3.51. The van der Waals surface area contributed by atoms with Crippen molar-refractivity contribution in [1.29, 1.82) is 0 Å². The van der Waals surface area contributed by atoms with Gasteiger partial charge in [-0.2, -0.15) is 0 Å². The Morgan fingerprint density at radius 3 is 2.50 bits per heavy atom. The monoisotopic (exact) mass is 274 g/mol. The fourth-order valence-electron chi connectivity index (χ4n) is 2.86. The van der Waals surface area contributed by atoms with Gasteiger partial charge in [-0.05, 0) is 49.4 Å². The number of rotatable bonds is 8. The molecule has 2 unspecified atom stereocenters. The Kier molecular flexibility index (Phi) is 5.62. The normalized spacial score (nSPS) is 21.7. The molecule has 112 valence electrons. The molecule has 0 aliphatic heterocycles. The maximum atomic E-state index is 3.51. The summed E-state index contributed by atoms with van der Waals surface area (Å²) in [7, 11) is 2.26. The molecule has 2 atom stereocenters. The van der Waals surface area contributed by atoms with Crippen molar-refractivity contribution in [2.75, 3.05) is 20.1 Å². The van der Waals surface area contributed by atoms with Crippen LogP contribution >= 0.6 is 0 Å². The highest BCUT2D eigenvalue weighted by Crippen LogP contribution is 2.38. The van der Waals surface area contributed by atoms with E-state index in [0.29, 0.717) is 6.04 Å². The zero-order valence-electron chi connectivity index (χ0n) is 13.5. The van der Waals surface area contributed by atoms with Crippen molar-refractivity contribution < 1.29 is 0 Å². The third-order valence-electron chi connectivity index (χ3n) is 4.33. The van der Waals surface area contributed by atoms with Crippen molar-refractivity contribution in [3.63, 3.8) is 0 Å². The molecule has 2 nitrogen and oxygen atoms in total. The highest BCUT2D eigenvalue weighted by Gasteiger charge is 2.33. The van der Waals surface area contributed by atoms with E-state index in [1.165, 1.54) is 24.1 Å². The number of hydrogen-bond donors (Lipinski definition) is 1. The van der Waals surface area contributed by atoms with Gasteiger partial charge < -0.3 is 10.2 Å². The Hall–Kier alpha value is -0.860. The molecule has 1 aromatic rings. The van der Waals surface area contributed by atoms with Crippen LogP contribution in [-0.2, 0) is 13.0 Å². The average molecular weight is 274 g/mol. The lowest BCUT2D eigenvalue weighted by Crippen LogP contribution is -2.26. The topological polar surface area (TPSA) is 15.3 Å². The van der Waals surface area contributed by atoms with Crippen LogP contribution in [0.4, 0.5) is 0 Å². The molecular weight excluding hydrogens is 244 g/mol. The molecule has 1 aromatic carbocycles. The lowest BCUT2D eigenvalue weighted by atomic mass is 10.0. The van der Waals surface area contributed by atoms with Crippen molar-refractivity contribution >= 4 is 0 Å². The summed E-state index contributed by atoms with van der Waals surface area (Å²) >= 11 is 0. The number of hydrogen-bond acceptors (Lipinski definition) is 2. The lowest BCUT2D eigenvalue weighted by molar-refractivity contribution is 0.306. The van der Waals surface area contributed by atoms with Gasteiger partial charge in [0.25, 0.3) is 0 Å². The fraction of sp³-hybridized carbons (Fsp3) is 0.667. The molecule has 1 N–H and O–H groups in total. The second-order valence-corrected chi connectivity index (χ2v) is 6.80. The Bertz CT molecular complexity index is 414. The first-order valence-corrected chi connectivity index (χ1v) is 8.05. The van der Waals surface area contributed by atoms with Gasteiger partial charge in [0.15, 0.2) is 0 Å². The molecule has 1 fully saturated rings. The van der Waals surface area contributed by atoms with Gasteiger partial charge in [0, 0.05) is 19.1 Å². The number of nitrogens with zero attached hydrogens (tertiary/aromatic N) is 1. The first-order chi connectivity index (χ1) is 9.56. The van der Waals surface area contributed by atoms with Gasteiger partial charge in [-0.3, -0.25) is 0 Å². The molecular formula is C18H30N2. The zero-order chi connectivity index (χ0) is 14.5. The summed E-state index contributed by atoms with van der Waals surface area (Å²) in [5.74, 6) is 1.89. The van der Waals surface area contributed by atoms with E-state index >= 15 is 0 Å². The quantitative estimate of drug-likeness (QED) is 0.782. The van der Waals surface area contributed by atoms with Crippen molar-refractivity contribution in [2.24, 2.45) is 11.8 Å². The second kappa shape index (κ2) is 7.24. The smallest absolute Gasteiger partial charge is 0.0233 e. The van der Waals surface area contributed by atoms with Crippen LogP contribution in [0.25, 0.3) is 0 Å². The molecule has 0 saturated heterocycles. The Labute approximate surface area is 124 Å². The Morgan fingerprint density at radius 1 is 1.25 bits per heavy atom. The van der Waals surface area contributed by atoms with Crippen molar-refractivity contribution in [1.82, 2.24) is 10.2 Å². The van der Waals surface area contributed by atoms with Crippen LogP contribution in [0.1, 0.15) is 38.3 Å². The standard InChI is InChI=1S/C18H30N2/c1-14(2)19-10-9-16-7-5-6-8-17(16)12-20(4)13-18-11-15(18)3/h5-8,14-15,18-19H,9-13H2,1-4H3. The van der Waals surface area contributed by atoms with Crippen LogP contribution in [0.15, 0.2) is 24.3 Å². The molecule has 20 heavy (non-hydrogen) atoms. The van der Waals surface area contributed by atoms with E-state index < -0.39 is 0 Å². The van der Waals surface area contributed by atoms with E-state index in [9.17, 15) is 0 Å². The van der Waals surface area contributed by atoms with E-state index in [1.807, 2.05) is 0 Å². The molecule has 2 rings (SSSR count). The molecule has 1 saturated carbocycles. The highest BCUT2D eigenvalue weighted by molar-refractivity contribution is 5.27. The minimum absolute atomic E-state index is 0.571. The summed E-state index contributed by atoms with van der Waals surface area (Å²) in [6.45, 7) is 10.2. The minimum Gasteiger partial charge on any atom is -0.314 e. The average Bonchev–Trinajstić information content (AvgIpc) is 3.06. The van der Waals surface area contributed by atoms with E-state index in [-0.39, 0.29) is 0 Å². The largest absolute Gasteiger partial charge is 0.314 e. The molecule has 0 radical (unpaired) electrons. The van der Waals surface area contributed by atoms with Gasteiger partial charge in [-0.25, -0.2) is 0 Å². The van der Waals surface area contributed by atoms with Gasteiger partial charge in [0.1, 0.15) is 0 Å². The van der Waals surface area contributed by atoms with Crippen molar-refractivity contribution in [2.45, 2.75) is 46.2 Å². The van der Waals surface area contributed by atoms with E-state index in [0.717, 1.165) is 31.3 Å². The van der Waals surface area contributed by atoms with Crippen LogP contribution in [0, 0.1) is 11.8 Å². The Balaban J connectivity index is 1.86. The molecule has 1 aliphatic carbocycles. The van der Waals surface area contributed by atoms with Gasteiger partial charge in [-0.15, -0.1) is 0 Å². The highest BCUT2D eigenvalue weighted by atomic mass is 15.1. The molecule has 0 bridgehead atoms. The molecule has 1 aliphatic rings. The van der Waals surface area contributed by atoms with Gasteiger partial charge in [-0.1, -0.05) is 45.0 Å². The molecule has 0 heterocycles. The summed E-state index contributed by atoms with van der Waals surface area (Å²) in [5.41, 5.74) is 2.99.